The molecular weight excluding hydrogens is 182 g/mol. The number of terminal acetylenes is 1. The standard InChI is InChI=1S/C10H13N.C4H10/c1-6-10(9(5)11)8(4)7(2)3;1-3-4-2/h1,11H,2H2,3-5H3;3-4H2,1-2H3/b10-8-,11-9?;. The summed E-state index contributed by atoms with van der Waals surface area (Å²) in [6.07, 6.45) is 7.86. The topological polar surface area (TPSA) is 23.9 Å². The first-order chi connectivity index (χ1) is 6.92. The third kappa shape index (κ3) is 7.76. The molecule has 0 aromatic heterocycles. The monoisotopic (exact) mass is 205 g/mol. The molecule has 1 heteroatoms. The van der Waals surface area contributed by atoms with Crippen LogP contribution in [-0.2, 0) is 0 Å². The van der Waals surface area contributed by atoms with Crippen molar-refractivity contribution in [1.29, 1.82) is 5.41 Å². The number of hydrogen-bond acceptors (Lipinski definition) is 1. The first-order valence-corrected chi connectivity index (χ1v) is 5.31. The third-order valence-corrected chi connectivity index (χ3v) is 2.03. The minimum Gasteiger partial charge on any atom is -0.304 e. The Morgan fingerprint density at radius 2 is 1.60 bits per heavy atom. The molecule has 0 aliphatic carbocycles. The van der Waals surface area contributed by atoms with Gasteiger partial charge in [0.25, 0.3) is 0 Å². The summed E-state index contributed by atoms with van der Waals surface area (Å²) in [6, 6.07) is 0. The van der Waals surface area contributed by atoms with Gasteiger partial charge in [0.2, 0.25) is 0 Å². The van der Waals surface area contributed by atoms with E-state index < -0.39 is 0 Å². The first-order valence-electron chi connectivity index (χ1n) is 5.31. The van der Waals surface area contributed by atoms with Gasteiger partial charge in [0.1, 0.15) is 0 Å². The van der Waals surface area contributed by atoms with E-state index >= 15 is 0 Å². The van der Waals surface area contributed by atoms with Crippen LogP contribution in [-0.4, -0.2) is 5.71 Å². The molecule has 0 amide bonds. The molecule has 0 atom stereocenters. The highest BCUT2D eigenvalue weighted by Gasteiger charge is 2.01. The Balaban J connectivity index is 0. The summed E-state index contributed by atoms with van der Waals surface area (Å²) in [5.74, 6) is 2.48. The fraction of sp³-hybridized carbons (Fsp3) is 0.500. The zero-order chi connectivity index (χ0) is 12.4. The molecule has 0 heterocycles. The molecular formula is C14H23N. The van der Waals surface area contributed by atoms with E-state index in [0.29, 0.717) is 11.3 Å². The van der Waals surface area contributed by atoms with Crippen LogP contribution in [0.2, 0.25) is 0 Å². The molecule has 0 saturated heterocycles. The van der Waals surface area contributed by atoms with Crippen LogP contribution in [0.3, 0.4) is 0 Å². The van der Waals surface area contributed by atoms with Gasteiger partial charge in [-0.05, 0) is 26.3 Å². The molecule has 1 nitrogen and oxygen atoms in total. The largest absolute Gasteiger partial charge is 0.304 e. The average molecular weight is 205 g/mol. The first kappa shape index (κ1) is 16.2. The summed E-state index contributed by atoms with van der Waals surface area (Å²) < 4.78 is 0. The highest BCUT2D eigenvalue weighted by atomic mass is 14.4. The minimum atomic E-state index is 0.424. The summed E-state index contributed by atoms with van der Waals surface area (Å²) in [4.78, 5) is 0. The van der Waals surface area contributed by atoms with Crippen LogP contribution in [0.4, 0.5) is 0 Å². The van der Waals surface area contributed by atoms with Crippen LogP contribution in [0.5, 0.6) is 0 Å². The molecule has 1 N–H and O–H groups in total. The van der Waals surface area contributed by atoms with Crippen molar-refractivity contribution in [2.45, 2.75) is 47.5 Å². The highest BCUT2D eigenvalue weighted by Crippen LogP contribution is 2.11. The molecule has 0 aliphatic heterocycles. The minimum absolute atomic E-state index is 0.424. The highest BCUT2D eigenvalue weighted by molar-refractivity contribution is 6.01. The van der Waals surface area contributed by atoms with Crippen LogP contribution < -0.4 is 0 Å². The van der Waals surface area contributed by atoms with Crippen molar-refractivity contribution in [2.24, 2.45) is 0 Å². The van der Waals surface area contributed by atoms with Crippen LogP contribution in [0.25, 0.3) is 0 Å². The molecule has 0 spiro atoms. The lowest BCUT2D eigenvalue weighted by Crippen LogP contribution is -1.96. The van der Waals surface area contributed by atoms with Crippen LogP contribution >= 0.6 is 0 Å². The van der Waals surface area contributed by atoms with Gasteiger partial charge in [0.15, 0.2) is 0 Å². The van der Waals surface area contributed by atoms with Gasteiger partial charge in [0, 0.05) is 11.3 Å². The Labute approximate surface area is 94.8 Å². The molecule has 0 aromatic rings. The summed E-state index contributed by atoms with van der Waals surface area (Å²) >= 11 is 0. The maximum Gasteiger partial charge on any atom is 0.0479 e. The molecule has 0 aromatic carbocycles. The zero-order valence-corrected chi connectivity index (χ0v) is 10.7. The van der Waals surface area contributed by atoms with Gasteiger partial charge < -0.3 is 5.41 Å². The van der Waals surface area contributed by atoms with Gasteiger partial charge in [-0.3, -0.25) is 0 Å². The number of unbranched alkanes of at least 4 members (excludes halogenated alkanes) is 1. The molecule has 15 heavy (non-hydrogen) atoms. The molecule has 0 bridgehead atoms. The quantitative estimate of drug-likeness (QED) is 0.402. The maximum absolute atomic E-state index is 7.33. The molecule has 0 fully saturated rings. The number of rotatable bonds is 3. The Morgan fingerprint density at radius 3 is 1.67 bits per heavy atom. The third-order valence-electron chi connectivity index (χ3n) is 2.03. The van der Waals surface area contributed by atoms with Crippen LogP contribution in [0.15, 0.2) is 23.3 Å². The van der Waals surface area contributed by atoms with Gasteiger partial charge in [0.05, 0.1) is 0 Å². The number of hydrogen-bond donors (Lipinski definition) is 1. The van der Waals surface area contributed by atoms with E-state index in [1.165, 1.54) is 12.8 Å². The van der Waals surface area contributed by atoms with E-state index in [9.17, 15) is 0 Å². The number of allylic oxidation sites excluding steroid dienone is 3. The van der Waals surface area contributed by atoms with E-state index in [2.05, 4.69) is 26.3 Å². The SMILES string of the molecule is C#C/C(C(C)=N)=C(\C)C(=C)C.CCCC. The van der Waals surface area contributed by atoms with Crippen molar-refractivity contribution in [3.05, 3.63) is 23.3 Å². The van der Waals surface area contributed by atoms with Gasteiger partial charge >= 0.3 is 0 Å². The Kier molecular flexibility index (Phi) is 9.98. The Morgan fingerprint density at radius 1 is 1.20 bits per heavy atom. The lowest BCUT2D eigenvalue weighted by Gasteiger charge is -2.03. The molecule has 84 valence electrons. The summed E-state index contributed by atoms with van der Waals surface area (Å²) in [5.41, 5.74) is 2.93. The molecule has 0 aliphatic rings. The second kappa shape index (κ2) is 9.27. The second-order valence-electron chi connectivity index (χ2n) is 3.55. The van der Waals surface area contributed by atoms with Crippen molar-refractivity contribution in [2.75, 3.05) is 0 Å². The molecule has 0 unspecified atom stereocenters. The second-order valence-corrected chi connectivity index (χ2v) is 3.55. The smallest absolute Gasteiger partial charge is 0.0479 e. The molecule has 0 radical (unpaired) electrons. The maximum atomic E-state index is 7.33. The van der Waals surface area contributed by atoms with Gasteiger partial charge in [-0.15, -0.1) is 6.42 Å². The van der Waals surface area contributed by atoms with Crippen molar-refractivity contribution in [1.82, 2.24) is 0 Å². The summed E-state index contributed by atoms with van der Waals surface area (Å²) in [5, 5.41) is 7.33. The van der Waals surface area contributed by atoms with Gasteiger partial charge in [-0.25, -0.2) is 0 Å². The van der Waals surface area contributed by atoms with E-state index in [1.807, 2.05) is 13.8 Å². The average Bonchev–Trinajstić information content (AvgIpc) is 2.18. The summed E-state index contributed by atoms with van der Waals surface area (Å²) in [7, 11) is 0. The van der Waals surface area contributed by atoms with E-state index in [1.54, 1.807) is 6.92 Å². The van der Waals surface area contributed by atoms with Crippen molar-refractivity contribution >= 4 is 5.71 Å². The Bertz CT molecular complexity index is 285. The molecule has 0 saturated carbocycles. The van der Waals surface area contributed by atoms with E-state index in [4.69, 9.17) is 11.8 Å². The van der Waals surface area contributed by atoms with Gasteiger partial charge in [-0.1, -0.05) is 44.8 Å². The van der Waals surface area contributed by atoms with Crippen LogP contribution in [0.1, 0.15) is 47.5 Å². The van der Waals surface area contributed by atoms with E-state index in [0.717, 1.165) is 11.1 Å². The lowest BCUT2D eigenvalue weighted by atomic mass is 10.0. The fourth-order valence-corrected chi connectivity index (χ4v) is 0.711. The normalized spacial score (nSPS) is 10.4. The van der Waals surface area contributed by atoms with Gasteiger partial charge in [-0.2, -0.15) is 0 Å². The van der Waals surface area contributed by atoms with Crippen molar-refractivity contribution < 1.29 is 0 Å². The Hall–Kier alpha value is -1.29. The van der Waals surface area contributed by atoms with Crippen molar-refractivity contribution in [3.63, 3.8) is 0 Å². The van der Waals surface area contributed by atoms with Crippen molar-refractivity contribution in [3.8, 4) is 12.3 Å². The van der Waals surface area contributed by atoms with E-state index in [-0.39, 0.29) is 0 Å². The number of nitrogens with one attached hydrogen (secondary N) is 1. The lowest BCUT2D eigenvalue weighted by molar-refractivity contribution is 0.886. The zero-order valence-electron chi connectivity index (χ0n) is 10.7. The molecule has 0 rings (SSSR count). The fourth-order valence-electron chi connectivity index (χ4n) is 0.711. The predicted octanol–water partition coefficient (Wildman–Crippen LogP) is 4.36. The van der Waals surface area contributed by atoms with Crippen LogP contribution in [0, 0.1) is 17.8 Å². The summed E-state index contributed by atoms with van der Waals surface area (Å²) in [6.45, 7) is 13.6. The predicted molar refractivity (Wildman–Crippen MR) is 70.3 cm³/mol.